The second-order valence-electron chi connectivity index (χ2n) is 4.80. The van der Waals surface area contributed by atoms with Crippen LogP contribution in [-0.2, 0) is 9.53 Å². The maximum Gasteiger partial charge on any atom is 0.254 e. The van der Waals surface area contributed by atoms with Crippen LogP contribution < -0.4 is 11.1 Å². The predicted molar refractivity (Wildman–Crippen MR) is 68.2 cm³/mol. The average Bonchev–Trinajstić information content (AvgIpc) is 2.96. The van der Waals surface area contributed by atoms with Crippen molar-refractivity contribution >= 4 is 11.7 Å². The van der Waals surface area contributed by atoms with Crippen molar-refractivity contribution in [2.24, 2.45) is 5.73 Å². The first-order valence-electron chi connectivity index (χ1n) is 6.31. The van der Waals surface area contributed by atoms with Gasteiger partial charge >= 0.3 is 0 Å². The summed E-state index contributed by atoms with van der Waals surface area (Å²) in [5, 5.41) is 7.02. The third-order valence-corrected chi connectivity index (χ3v) is 3.07. The van der Waals surface area contributed by atoms with Crippen LogP contribution in [0.15, 0.2) is 12.3 Å². The molecule has 1 aliphatic heterocycles. The van der Waals surface area contributed by atoms with Gasteiger partial charge < -0.3 is 15.8 Å². The highest BCUT2D eigenvalue weighted by Crippen LogP contribution is 2.21. The van der Waals surface area contributed by atoms with Crippen molar-refractivity contribution in [3.63, 3.8) is 0 Å². The largest absolute Gasteiger partial charge is 0.364 e. The minimum absolute atomic E-state index is 0.00996. The molecule has 1 saturated heterocycles. The van der Waals surface area contributed by atoms with Gasteiger partial charge in [0.2, 0.25) is 0 Å². The lowest BCUT2D eigenvalue weighted by atomic mass is 10.2. The Bertz CT molecular complexity index is 416. The van der Waals surface area contributed by atoms with E-state index in [1.54, 1.807) is 16.9 Å². The van der Waals surface area contributed by atoms with Gasteiger partial charge in [-0.25, -0.2) is 4.68 Å². The highest BCUT2D eigenvalue weighted by molar-refractivity contribution is 5.93. The Morgan fingerprint density at radius 2 is 2.44 bits per heavy atom. The molecule has 18 heavy (non-hydrogen) atoms. The topological polar surface area (TPSA) is 82.2 Å². The fourth-order valence-electron chi connectivity index (χ4n) is 2.10. The lowest BCUT2D eigenvalue weighted by molar-refractivity contribution is -0.126. The summed E-state index contributed by atoms with van der Waals surface area (Å²) in [5.41, 5.74) is 5.53. The summed E-state index contributed by atoms with van der Waals surface area (Å²) >= 11 is 0. The van der Waals surface area contributed by atoms with Crippen molar-refractivity contribution in [2.75, 3.05) is 11.9 Å². The van der Waals surface area contributed by atoms with Crippen LogP contribution >= 0.6 is 0 Å². The summed E-state index contributed by atoms with van der Waals surface area (Å²) in [6.07, 6.45) is 2.86. The van der Waals surface area contributed by atoms with Gasteiger partial charge in [0, 0.05) is 18.7 Å². The van der Waals surface area contributed by atoms with Crippen LogP contribution in [0.2, 0.25) is 0 Å². The zero-order valence-electron chi connectivity index (χ0n) is 10.8. The number of anilines is 1. The molecule has 0 spiro atoms. The van der Waals surface area contributed by atoms with Crippen molar-refractivity contribution in [2.45, 2.75) is 44.9 Å². The first kappa shape index (κ1) is 13.0. The van der Waals surface area contributed by atoms with E-state index in [-0.39, 0.29) is 18.1 Å². The van der Waals surface area contributed by atoms with Gasteiger partial charge in [-0.3, -0.25) is 4.79 Å². The van der Waals surface area contributed by atoms with E-state index in [1.807, 2.05) is 13.8 Å². The first-order valence-corrected chi connectivity index (χ1v) is 6.31. The molecule has 2 atom stereocenters. The first-order chi connectivity index (χ1) is 8.61. The molecule has 1 aliphatic rings. The number of carbonyl (C=O) groups excluding carboxylic acids is 1. The Labute approximate surface area is 106 Å². The van der Waals surface area contributed by atoms with Crippen LogP contribution in [0.25, 0.3) is 0 Å². The van der Waals surface area contributed by atoms with E-state index in [4.69, 9.17) is 10.5 Å². The average molecular weight is 252 g/mol. The zero-order chi connectivity index (χ0) is 13.1. The molecule has 0 aliphatic carbocycles. The van der Waals surface area contributed by atoms with Crippen LogP contribution in [-0.4, -0.2) is 34.4 Å². The zero-order valence-corrected chi connectivity index (χ0v) is 10.8. The Morgan fingerprint density at radius 3 is 3.06 bits per heavy atom. The lowest BCUT2D eigenvalue weighted by Crippen LogP contribution is -2.30. The molecule has 0 bridgehead atoms. The number of hydrogen-bond donors (Lipinski definition) is 2. The Balaban J connectivity index is 1.97. The van der Waals surface area contributed by atoms with E-state index in [0.29, 0.717) is 12.4 Å². The van der Waals surface area contributed by atoms with Gasteiger partial charge in [0.1, 0.15) is 11.9 Å². The van der Waals surface area contributed by atoms with Crippen molar-refractivity contribution in [3.8, 4) is 0 Å². The molecular formula is C12H20N4O2. The summed E-state index contributed by atoms with van der Waals surface area (Å²) < 4.78 is 7.33. The van der Waals surface area contributed by atoms with Gasteiger partial charge in [-0.15, -0.1) is 0 Å². The van der Waals surface area contributed by atoms with Crippen LogP contribution in [0.4, 0.5) is 5.82 Å². The van der Waals surface area contributed by atoms with Crippen LogP contribution in [0.1, 0.15) is 32.7 Å². The van der Waals surface area contributed by atoms with Gasteiger partial charge in [-0.05, 0) is 26.7 Å². The lowest BCUT2D eigenvalue weighted by Gasteiger charge is -2.15. The quantitative estimate of drug-likeness (QED) is 0.834. The van der Waals surface area contributed by atoms with Crippen LogP contribution in [0.5, 0.6) is 0 Å². The van der Waals surface area contributed by atoms with E-state index in [2.05, 4.69) is 10.4 Å². The number of nitrogens with one attached hydrogen (secondary N) is 1. The normalized spacial score (nSPS) is 23.6. The molecule has 0 radical (unpaired) electrons. The minimum Gasteiger partial charge on any atom is -0.364 e. The Morgan fingerprint density at radius 1 is 1.67 bits per heavy atom. The molecule has 0 saturated carbocycles. The van der Waals surface area contributed by atoms with Gasteiger partial charge in [0.05, 0.1) is 12.3 Å². The second kappa shape index (κ2) is 5.49. The second-order valence-corrected chi connectivity index (χ2v) is 4.80. The molecule has 1 amide bonds. The summed E-state index contributed by atoms with van der Waals surface area (Å²) in [7, 11) is 0. The number of ether oxygens (including phenoxy) is 1. The molecular weight excluding hydrogens is 232 g/mol. The molecule has 0 aromatic carbocycles. The number of nitrogens with two attached hydrogens (primary N) is 1. The molecule has 6 heteroatoms. The SMILES string of the molecule is CC(C)n1nccc1NC(=O)C1CCC(CN)O1. The number of hydrogen-bond acceptors (Lipinski definition) is 4. The summed E-state index contributed by atoms with van der Waals surface area (Å²) in [4.78, 5) is 12.0. The number of aromatic nitrogens is 2. The van der Waals surface area contributed by atoms with Gasteiger partial charge in [-0.2, -0.15) is 5.10 Å². The number of amides is 1. The molecule has 1 aromatic rings. The van der Waals surface area contributed by atoms with E-state index in [1.165, 1.54) is 0 Å². The molecule has 2 heterocycles. The molecule has 2 rings (SSSR count). The third-order valence-electron chi connectivity index (χ3n) is 3.07. The maximum absolute atomic E-state index is 12.0. The fourth-order valence-corrected chi connectivity index (χ4v) is 2.10. The number of carbonyl (C=O) groups is 1. The smallest absolute Gasteiger partial charge is 0.254 e. The van der Waals surface area contributed by atoms with Gasteiger partial charge in [0.25, 0.3) is 5.91 Å². The standard InChI is InChI=1S/C12H20N4O2/c1-8(2)16-11(5-6-14-16)15-12(17)10-4-3-9(7-13)18-10/h5-6,8-10H,3-4,7,13H2,1-2H3,(H,15,17). The van der Waals surface area contributed by atoms with Gasteiger partial charge in [0.15, 0.2) is 0 Å². The molecule has 3 N–H and O–H groups in total. The highest BCUT2D eigenvalue weighted by atomic mass is 16.5. The van der Waals surface area contributed by atoms with Crippen molar-refractivity contribution in [3.05, 3.63) is 12.3 Å². The monoisotopic (exact) mass is 252 g/mol. The van der Waals surface area contributed by atoms with E-state index in [0.717, 1.165) is 12.8 Å². The van der Waals surface area contributed by atoms with Crippen LogP contribution in [0.3, 0.4) is 0 Å². The number of nitrogens with zero attached hydrogens (tertiary/aromatic N) is 2. The summed E-state index contributed by atoms with van der Waals surface area (Å²) in [6.45, 7) is 4.49. The molecule has 1 fully saturated rings. The number of rotatable bonds is 4. The fraction of sp³-hybridized carbons (Fsp3) is 0.667. The predicted octanol–water partition coefficient (Wildman–Crippen LogP) is 0.909. The Kier molecular flexibility index (Phi) is 3.98. The third kappa shape index (κ3) is 2.70. The van der Waals surface area contributed by atoms with E-state index < -0.39 is 6.10 Å². The van der Waals surface area contributed by atoms with E-state index in [9.17, 15) is 4.79 Å². The van der Waals surface area contributed by atoms with E-state index >= 15 is 0 Å². The van der Waals surface area contributed by atoms with Crippen molar-refractivity contribution in [1.82, 2.24) is 9.78 Å². The molecule has 100 valence electrons. The van der Waals surface area contributed by atoms with Crippen molar-refractivity contribution in [1.29, 1.82) is 0 Å². The van der Waals surface area contributed by atoms with Gasteiger partial charge in [-0.1, -0.05) is 0 Å². The highest BCUT2D eigenvalue weighted by Gasteiger charge is 2.30. The minimum atomic E-state index is -0.394. The molecule has 2 unspecified atom stereocenters. The maximum atomic E-state index is 12.0. The summed E-state index contributed by atoms with van der Waals surface area (Å²) in [5.74, 6) is 0.586. The molecule has 1 aromatic heterocycles. The van der Waals surface area contributed by atoms with Crippen molar-refractivity contribution < 1.29 is 9.53 Å². The van der Waals surface area contributed by atoms with Crippen LogP contribution in [0, 0.1) is 0 Å². The molecule has 6 nitrogen and oxygen atoms in total. The Hall–Kier alpha value is -1.40. The summed E-state index contributed by atoms with van der Waals surface area (Å²) in [6, 6.07) is 1.99.